The normalized spacial score (nSPS) is 22.9. The highest BCUT2D eigenvalue weighted by Gasteiger charge is 2.64. The van der Waals surface area contributed by atoms with Crippen molar-refractivity contribution < 1.29 is 37.4 Å². The van der Waals surface area contributed by atoms with E-state index in [4.69, 9.17) is 14.6 Å². The lowest BCUT2D eigenvalue weighted by molar-refractivity contribution is -0.192. The van der Waals surface area contributed by atoms with E-state index in [1.165, 1.54) is 0 Å². The van der Waals surface area contributed by atoms with Crippen LogP contribution >= 0.6 is 0 Å². The molecule has 2 spiro atoms. The molecule has 0 aromatic heterocycles. The molecule has 0 saturated carbocycles. The number of likely N-dealkylation sites (tertiary alicyclic amines) is 3. The Morgan fingerprint density at radius 2 is 1.74 bits per heavy atom. The number of aliphatic carboxylic acids is 1. The molecule has 3 saturated heterocycles. The summed E-state index contributed by atoms with van der Waals surface area (Å²) in [5.74, 6) is -0.848. The van der Waals surface area contributed by atoms with E-state index >= 15 is 0 Å². The average Bonchev–Trinajstić information content (AvgIpc) is 3.35. The van der Waals surface area contributed by atoms with E-state index in [2.05, 4.69) is 30.6 Å². The number of amides is 2. The summed E-state index contributed by atoms with van der Waals surface area (Å²) >= 11 is 0. The van der Waals surface area contributed by atoms with Crippen LogP contribution < -0.4 is 4.74 Å². The van der Waals surface area contributed by atoms with Gasteiger partial charge in [0, 0.05) is 51.2 Å². The van der Waals surface area contributed by atoms with Gasteiger partial charge in [0.05, 0.1) is 18.9 Å². The second-order valence-corrected chi connectivity index (χ2v) is 11.3. The van der Waals surface area contributed by atoms with Gasteiger partial charge >= 0.3 is 12.1 Å². The van der Waals surface area contributed by atoms with Crippen LogP contribution in [0.4, 0.5) is 13.2 Å². The number of fused-ring (bicyclic) bond motifs is 1. The molecule has 3 fully saturated rings. The van der Waals surface area contributed by atoms with Crippen molar-refractivity contribution in [1.82, 2.24) is 14.7 Å². The highest BCUT2D eigenvalue weighted by molar-refractivity contribution is 5.87. The molecule has 1 atom stereocenters. The van der Waals surface area contributed by atoms with Crippen LogP contribution in [0.3, 0.4) is 0 Å². The van der Waals surface area contributed by atoms with Crippen LogP contribution in [0.2, 0.25) is 0 Å². The van der Waals surface area contributed by atoms with Gasteiger partial charge in [0.15, 0.2) is 0 Å². The van der Waals surface area contributed by atoms with Gasteiger partial charge in [0.1, 0.15) is 5.75 Å². The molecule has 11 heteroatoms. The molecule has 0 bridgehead atoms. The minimum Gasteiger partial charge on any atom is -0.497 e. The first-order valence-electron chi connectivity index (χ1n) is 13.5. The fourth-order valence-electron chi connectivity index (χ4n) is 6.50. The van der Waals surface area contributed by atoms with Crippen molar-refractivity contribution in [3.8, 4) is 5.75 Å². The number of benzene rings is 1. The van der Waals surface area contributed by atoms with Crippen LogP contribution in [0.25, 0.3) is 0 Å². The minimum atomic E-state index is -5.08. The molecule has 218 valence electrons. The van der Waals surface area contributed by atoms with Gasteiger partial charge in [-0.2, -0.15) is 13.2 Å². The number of nitrogens with zero attached hydrogens (tertiary/aromatic N) is 3. The molecule has 1 N–H and O–H groups in total. The zero-order chi connectivity index (χ0) is 29.0. The quantitative estimate of drug-likeness (QED) is 0.576. The smallest absolute Gasteiger partial charge is 0.490 e. The lowest BCUT2D eigenvalue weighted by Crippen LogP contribution is -2.53. The number of carboxylic acid groups (broad SMARTS) is 1. The first-order valence-corrected chi connectivity index (χ1v) is 13.5. The number of rotatable bonds is 6. The summed E-state index contributed by atoms with van der Waals surface area (Å²) in [7, 11) is 1.65. The molecule has 0 radical (unpaired) electrons. The summed E-state index contributed by atoms with van der Waals surface area (Å²) in [6, 6.07) is 7.76. The zero-order valence-electron chi connectivity index (χ0n) is 23.2. The van der Waals surface area contributed by atoms with E-state index in [9.17, 15) is 22.8 Å². The predicted octanol–water partition coefficient (Wildman–Crippen LogP) is 3.69. The first-order chi connectivity index (χ1) is 18.3. The molecular weight excluding hydrogens is 515 g/mol. The molecule has 8 nitrogen and oxygen atoms in total. The van der Waals surface area contributed by atoms with Gasteiger partial charge in [0.2, 0.25) is 11.8 Å². The molecule has 4 rings (SSSR count). The van der Waals surface area contributed by atoms with Gasteiger partial charge in [-0.05, 0) is 49.8 Å². The molecule has 1 unspecified atom stereocenters. The second kappa shape index (κ2) is 12.1. The number of methoxy groups -OCH3 is 1. The number of hydrogen-bond acceptors (Lipinski definition) is 5. The maximum absolute atomic E-state index is 13.6. The third kappa shape index (κ3) is 6.67. The van der Waals surface area contributed by atoms with Gasteiger partial charge in [-0.25, -0.2) is 4.79 Å². The minimum absolute atomic E-state index is 0.00432. The lowest BCUT2D eigenvalue weighted by atomic mass is 9.60. The number of carboxylic acids is 1. The molecule has 3 aliphatic heterocycles. The summed E-state index contributed by atoms with van der Waals surface area (Å²) < 4.78 is 37.0. The van der Waals surface area contributed by atoms with Gasteiger partial charge in [-0.3, -0.25) is 9.59 Å². The average molecular weight is 556 g/mol. The molecule has 39 heavy (non-hydrogen) atoms. The third-order valence-corrected chi connectivity index (χ3v) is 8.35. The number of halogens is 3. The molecule has 3 heterocycles. The van der Waals surface area contributed by atoms with Crippen molar-refractivity contribution in [2.24, 2.45) is 16.7 Å². The van der Waals surface area contributed by atoms with E-state index in [0.717, 1.165) is 76.4 Å². The number of carbonyl (C=O) groups is 3. The van der Waals surface area contributed by atoms with Crippen LogP contribution in [0, 0.1) is 16.7 Å². The number of ether oxygens (including phenoxy) is 1. The maximum Gasteiger partial charge on any atom is 0.490 e. The number of carbonyl (C=O) groups excluding carboxylic acids is 2. The third-order valence-electron chi connectivity index (χ3n) is 8.35. The molecule has 3 aliphatic rings. The Hall–Kier alpha value is -2.82. The van der Waals surface area contributed by atoms with Crippen LogP contribution in [-0.2, 0) is 20.8 Å². The Balaban J connectivity index is 0.000000532. The fraction of sp³-hybridized carbons (Fsp3) is 0.679. The molecule has 1 aromatic carbocycles. The van der Waals surface area contributed by atoms with Gasteiger partial charge < -0.3 is 24.5 Å². The Morgan fingerprint density at radius 3 is 2.26 bits per heavy atom. The van der Waals surface area contributed by atoms with Gasteiger partial charge in [0.25, 0.3) is 0 Å². The summed E-state index contributed by atoms with van der Waals surface area (Å²) in [5.41, 5.74) is 0.717. The van der Waals surface area contributed by atoms with E-state index < -0.39 is 12.1 Å². The van der Waals surface area contributed by atoms with Crippen LogP contribution in [0.15, 0.2) is 24.3 Å². The summed E-state index contributed by atoms with van der Waals surface area (Å²) in [6.45, 7) is 12.7. The van der Waals surface area contributed by atoms with Crippen LogP contribution in [-0.4, -0.2) is 96.7 Å². The first kappa shape index (κ1) is 30.7. The van der Waals surface area contributed by atoms with E-state index in [1.807, 2.05) is 29.2 Å². The highest BCUT2D eigenvalue weighted by atomic mass is 19.4. The van der Waals surface area contributed by atoms with E-state index in [1.54, 1.807) is 7.11 Å². The van der Waals surface area contributed by atoms with Gasteiger partial charge in [-0.15, -0.1) is 0 Å². The predicted molar refractivity (Wildman–Crippen MR) is 139 cm³/mol. The Bertz CT molecular complexity index is 1040. The highest BCUT2D eigenvalue weighted by Crippen LogP contribution is 2.57. The number of alkyl halides is 3. The van der Waals surface area contributed by atoms with Crippen molar-refractivity contribution in [2.45, 2.75) is 52.6 Å². The summed E-state index contributed by atoms with van der Waals surface area (Å²) in [4.78, 5) is 42.1. The van der Waals surface area contributed by atoms with Crippen molar-refractivity contribution in [3.05, 3.63) is 29.8 Å². The van der Waals surface area contributed by atoms with Crippen molar-refractivity contribution in [2.75, 3.05) is 52.9 Å². The van der Waals surface area contributed by atoms with Gasteiger partial charge in [-0.1, -0.05) is 26.0 Å². The zero-order valence-corrected chi connectivity index (χ0v) is 23.2. The molecular formula is C28H40F3N3O5. The summed E-state index contributed by atoms with van der Waals surface area (Å²) in [5, 5.41) is 7.12. The monoisotopic (exact) mass is 555 g/mol. The number of piperidine rings is 1. The Morgan fingerprint density at radius 1 is 1.10 bits per heavy atom. The molecule has 2 amide bonds. The van der Waals surface area contributed by atoms with E-state index in [-0.39, 0.29) is 16.7 Å². The van der Waals surface area contributed by atoms with Crippen molar-refractivity contribution in [1.29, 1.82) is 0 Å². The largest absolute Gasteiger partial charge is 0.497 e. The Kier molecular flexibility index (Phi) is 9.56. The van der Waals surface area contributed by atoms with Crippen molar-refractivity contribution >= 4 is 17.8 Å². The molecule has 0 aliphatic carbocycles. The van der Waals surface area contributed by atoms with Crippen LogP contribution in [0.1, 0.15) is 45.6 Å². The second-order valence-electron chi connectivity index (χ2n) is 11.3. The fourth-order valence-corrected chi connectivity index (χ4v) is 6.50. The Labute approximate surface area is 228 Å². The molecule has 1 aromatic rings. The number of hydrogen-bond donors (Lipinski definition) is 1. The van der Waals surface area contributed by atoms with E-state index in [0.29, 0.717) is 18.2 Å². The van der Waals surface area contributed by atoms with Crippen molar-refractivity contribution in [3.63, 3.8) is 0 Å². The maximum atomic E-state index is 13.6. The SMILES string of the molecule is CCN1CCC2(CN(CC(C)C)CC23CCN(C(=O)Cc2cccc(OC)c2)CC3)C1=O.O=C(O)C(F)(F)F. The van der Waals surface area contributed by atoms with Crippen LogP contribution in [0.5, 0.6) is 5.75 Å². The standard InChI is InChI=1S/C26H39N3O3.C2HF3O2/c1-5-28-14-11-26(24(28)31)19-27(17-20(2)3)18-25(26)9-12-29(13-10-25)23(30)16-21-7-6-8-22(15-21)32-4;3-2(4,5)1(6)7/h6-8,15,20H,5,9-14,16-19H2,1-4H3;(H,6,7). The summed E-state index contributed by atoms with van der Waals surface area (Å²) in [6.07, 6.45) is -1.87. The topological polar surface area (TPSA) is 90.4 Å². The lowest BCUT2D eigenvalue weighted by Gasteiger charge is -2.47.